The normalized spacial score (nSPS) is 11.2. The highest BCUT2D eigenvalue weighted by atomic mass is 19.4. The van der Waals surface area contributed by atoms with Crippen LogP contribution in [0.25, 0.3) is 0 Å². The predicted molar refractivity (Wildman–Crippen MR) is 42.2 cm³/mol. The molecule has 0 aliphatic carbocycles. The van der Waals surface area contributed by atoms with Crippen LogP contribution >= 0.6 is 0 Å². The average Bonchev–Trinajstić information content (AvgIpc) is 2.14. The Morgan fingerprint density at radius 3 is 2.53 bits per heavy atom. The van der Waals surface area contributed by atoms with E-state index < -0.39 is 29.0 Å². The van der Waals surface area contributed by atoms with Crippen LogP contribution in [0, 0.1) is 0 Å². The van der Waals surface area contributed by atoms with Crippen LogP contribution in [0.2, 0.25) is 0 Å². The van der Waals surface area contributed by atoms with E-state index in [-0.39, 0.29) is 0 Å². The minimum Gasteiger partial charge on any atom is -0.506 e. The van der Waals surface area contributed by atoms with Crippen LogP contribution in [-0.4, -0.2) is 23.2 Å². The van der Waals surface area contributed by atoms with Crippen molar-refractivity contribution < 1.29 is 27.8 Å². The van der Waals surface area contributed by atoms with Gasteiger partial charge in [-0.1, -0.05) is 0 Å². The molecule has 15 heavy (non-hydrogen) atoms. The third-order valence-corrected chi connectivity index (χ3v) is 1.61. The van der Waals surface area contributed by atoms with Crippen LogP contribution in [0.15, 0.2) is 12.4 Å². The molecule has 1 heterocycles. The molecule has 1 rings (SSSR count). The van der Waals surface area contributed by atoms with Crippen molar-refractivity contribution in [2.45, 2.75) is 6.18 Å². The number of halogens is 3. The van der Waals surface area contributed by atoms with Crippen molar-refractivity contribution >= 4 is 5.97 Å². The standard InChI is InChI=1S/C8H6F3NO3/c1-15-7(14)4-2-12-3-5(13)6(4)8(9,10)11/h2-3,13H,1H3. The smallest absolute Gasteiger partial charge is 0.420 e. The topological polar surface area (TPSA) is 59.4 Å². The molecule has 0 bridgehead atoms. The van der Waals surface area contributed by atoms with Gasteiger partial charge in [-0.05, 0) is 0 Å². The number of nitrogens with zero attached hydrogens (tertiary/aromatic N) is 1. The molecule has 0 unspecified atom stereocenters. The number of carbonyl (C=O) groups is 1. The van der Waals surface area contributed by atoms with Crippen LogP contribution in [0.1, 0.15) is 15.9 Å². The number of ether oxygens (including phenoxy) is 1. The molecule has 1 N–H and O–H groups in total. The van der Waals surface area contributed by atoms with Crippen molar-refractivity contribution in [1.82, 2.24) is 4.98 Å². The summed E-state index contributed by atoms with van der Waals surface area (Å²) in [6, 6.07) is 0. The summed E-state index contributed by atoms with van der Waals surface area (Å²) in [6.07, 6.45) is -3.54. The number of esters is 1. The van der Waals surface area contributed by atoms with Gasteiger partial charge in [0.25, 0.3) is 0 Å². The molecule has 0 atom stereocenters. The Hall–Kier alpha value is -1.79. The maximum atomic E-state index is 12.4. The fraction of sp³-hybridized carbons (Fsp3) is 0.250. The van der Waals surface area contributed by atoms with Gasteiger partial charge in [-0.15, -0.1) is 0 Å². The van der Waals surface area contributed by atoms with Gasteiger partial charge < -0.3 is 9.84 Å². The number of aromatic nitrogens is 1. The summed E-state index contributed by atoms with van der Waals surface area (Å²) in [6.45, 7) is 0. The van der Waals surface area contributed by atoms with Crippen LogP contribution in [-0.2, 0) is 10.9 Å². The van der Waals surface area contributed by atoms with Crippen molar-refractivity contribution in [2.24, 2.45) is 0 Å². The summed E-state index contributed by atoms with van der Waals surface area (Å²) in [5, 5.41) is 8.98. The van der Waals surface area contributed by atoms with Crippen molar-refractivity contribution in [3.8, 4) is 5.75 Å². The first kappa shape index (κ1) is 11.3. The van der Waals surface area contributed by atoms with E-state index in [0.717, 1.165) is 7.11 Å². The van der Waals surface area contributed by atoms with Crippen molar-refractivity contribution in [3.63, 3.8) is 0 Å². The van der Waals surface area contributed by atoms with Crippen molar-refractivity contribution in [1.29, 1.82) is 0 Å². The summed E-state index contributed by atoms with van der Waals surface area (Å²) in [5.41, 5.74) is -2.26. The molecule has 1 aromatic rings. The Kier molecular flexibility index (Phi) is 2.83. The first-order chi connectivity index (χ1) is 6.88. The molecule has 0 radical (unpaired) electrons. The van der Waals surface area contributed by atoms with E-state index in [0.29, 0.717) is 12.4 Å². The molecular weight excluding hydrogens is 215 g/mol. The highest BCUT2D eigenvalue weighted by molar-refractivity contribution is 5.91. The summed E-state index contributed by atoms with van der Waals surface area (Å²) < 4.78 is 41.4. The van der Waals surface area contributed by atoms with E-state index in [4.69, 9.17) is 5.11 Å². The molecule has 0 aliphatic rings. The first-order valence-electron chi connectivity index (χ1n) is 3.70. The lowest BCUT2D eigenvalue weighted by Crippen LogP contribution is -2.14. The largest absolute Gasteiger partial charge is 0.506 e. The lowest BCUT2D eigenvalue weighted by Gasteiger charge is -2.11. The number of pyridine rings is 1. The number of hydrogen-bond donors (Lipinski definition) is 1. The second-order valence-corrected chi connectivity index (χ2v) is 2.57. The highest BCUT2D eigenvalue weighted by Gasteiger charge is 2.39. The second kappa shape index (κ2) is 3.76. The monoisotopic (exact) mass is 221 g/mol. The first-order valence-corrected chi connectivity index (χ1v) is 3.70. The fourth-order valence-corrected chi connectivity index (χ4v) is 1.01. The molecule has 0 saturated carbocycles. The molecule has 0 fully saturated rings. The van der Waals surface area contributed by atoms with Gasteiger partial charge in [-0.2, -0.15) is 13.2 Å². The molecule has 7 heteroatoms. The van der Waals surface area contributed by atoms with Crippen molar-refractivity contribution in [2.75, 3.05) is 7.11 Å². The Morgan fingerprint density at radius 1 is 1.47 bits per heavy atom. The van der Waals surface area contributed by atoms with E-state index in [2.05, 4.69) is 9.72 Å². The predicted octanol–water partition coefficient (Wildman–Crippen LogP) is 1.59. The molecular formula is C8H6F3NO3. The molecule has 0 amide bonds. The molecule has 0 aromatic carbocycles. The Labute approximate surface area is 82.3 Å². The lowest BCUT2D eigenvalue weighted by molar-refractivity contribution is -0.139. The average molecular weight is 221 g/mol. The van der Waals surface area contributed by atoms with E-state index in [1.165, 1.54) is 0 Å². The van der Waals surface area contributed by atoms with Crippen LogP contribution < -0.4 is 0 Å². The van der Waals surface area contributed by atoms with E-state index >= 15 is 0 Å². The van der Waals surface area contributed by atoms with E-state index in [1.54, 1.807) is 0 Å². The summed E-state index contributed by atoms with van der Waals surface area (Å²) in [4.78, 5) is 14.2. The lowest BCUT2D eigenvalue weighted by atomic mass is 10.1. The Balaban J connectivity index is 3.40. The number of aromatic hydroxyl groups is 1. The second-order valence-electron chi connectivity index (χ2n) is 2.57. The number of carbonyl (C=O) groups excluding carboxylic acids is 1. The minimum absolute atomic E-state index is 0.606. The molecule has 1 aromatic heterocycles. The quantitative estimate of drug-likeness (QED) is 0.731. The number of methoxy groups -OCH3 is 1. The van der Waals surface area contributed by atoms with Crippen LogP contribution in [0.5, 0.6) is 5.75 Å². The van der Waals surface area contributed by atoms with Gasteiger partial charge in [-0.3, -0.25) is 4.98 Å². The van der Waals surface area contributed by atoms with Gasteiger partial charge in [0.05, 0.1) is 18.9 Å². The summed E-state index contributed by atoms with van der Waals surface area (Å²) >= 11 is 0. The van der Waals surface area contributed by atoms with Crippen LogP contribution in [0.3, 0.4) is 0 Å². The SMILES string of the molecule is COC(=O)c1cncc(O)c1C(F)(F)F. The zero-order valence-corrected chi connectivity index (χ0v) is 7.50. The number of alkyl halides is 3. The zero-order valence-electron chi connectivity index (χ0n) is 7.50. The van der Waals surface area contributed by atoms with Gasteiger partial charge in [-0.25, -0.2) is 4.79 Å². The Morgan fingerprint density at radius 2 is 2.07 bits per heavy atom. The maximum absolute atomic E-state index is 12.4. The fourth-order valence-electron chi connectivity index (χ4n) is 1.01. The van der Waals surface area contributed by atoms with Gasteiger partial charge in [0.1, 0.15) is 11.3 Å². The molecule has 0 aliphatic heterocycles. The van der Waals surface area contributed by atoms with Crippen molar-refractivity contribution in [3.05, 3.63) is 23.5 Å². The molecule has 0 spiro atoms. The van der Waals surface area contributed by atoms with Crippen LogP contribution in [0.4, 0.5) is 13.2 Å². The molecule has 0 saturated heterocycles. The minimum atomic E-state index is -4.84. The number of rotatable bonds is 1. The Bertz CT molecular complexity index is 389. The van der Waals surface area contributed by atoms with E-state index in [1.807, 2.05) is 0 Å². The molecule has 82 valence electrons. The third kappa shape index (κ3) is 2.17. The van der Waals surface area contributed by atoms with Gasteiger partial charge in [0.15, 0.2) is 0 Å². The summed E-state index contributed by atoms with van der Waals surface area (Å²) in [7, 11) is 0.937. The van der Waals surface area contributed by atoms with E-state index in [9.17, 15) is 18.0 Å². The van der Waals surface area contributed by atoms with Gasteiger partial charge in [0.2, 0.25) is 0 Å². The molecule has 4 nitrogen and oxygen atoms in total. The highest BCUT2D eigenvalue weighted by Crippen LogP contribution is 2.37. The summed E-state index contributed by atoms with van der Waals surface area (Å²) in [5.74, 6) is -2.31. The third-order valence-electron chi connectivity index (χ3n) is 1.61. The van der Waals surface area contributed by atoms with Gasteiger partial charge >= 0.3 is 12.1 Å². The zero-order chi connectivity index (χ0) is 11.6. The van der Waals surface area contributed by atoms with Gasteiger partial charge in [0, 0.05) is 6.20 Å². The number of hydrogen-bond acceptors (Lipinski definition) is 4. The maximum Gasteiger partial charge on any atom is 0.420 e.